The van der Waals surface area contributed by atoms with Gasteiger partial charge in [0.15, 0.2) is 0 Å². The molecule has 0 aliphatic heterocycles. The maximum Gasteiger partial charge on any atom is 0.323 e. The zero-order chi connectivity index (χ0) is 12.4. The summed E-state index contributed by atoms with van der Waals surface area (Å²) >= 11 is 0. The Morgan fingerprint density at radius 3 is 2.38 bits per heavy atom. The molecule has 0 saturated heterocycles. The molecule has 0 fully saturated rings. The van der Waals surface area contributed by atoms with Crippen LogP contribution in [0.4, 0.5) is 0 Å². The van der Waals surface area contributed by atoms with E-state index in [1.807, 2.05) is 13.8 Å². The van der Waals surface area contributed by atoms with Gasteiger partial charge < -0.3 is 10.5 Å². The van der Waals surface area contributed by atoms with Crippen LogP contribution in [-0.4, -0.2) is 18.6 Å². The number of rotatable bonds is 9. The van der Waals surface area contributed by atoms with Crippen LogP contribution in [0.1, 0.15) is 59.3 Å². The minimum Gasteiger partial charge on any atom is -0.465 e. The highest BCUT2D eigenvalue weighted by Crippen LogP contribution is 2.08. The van der Waals surface area contributed by atoms with E-state index < -0.39 is 6.04 Å². The first-order chi connectivity index (χ1) is 7.63. The molecule has 0 aliphatic carbocycles. The third kappa shape index (κ3) is 6.83. The van der Waals surface area contributed by atoms with Gasteiger partial charge in [0.05, 0.1) is 6.61 Å². The molecule has 0 bridgehead atoms. The molecule has 0 heterocycles. The first kappa shape index (κ1) is 15.4. The van der Waals surface area contributed by atoms with Gasteiger partial charge in [-0.3, -0.25) is 4.79 Å². The van der Waals surface area contributed by atoms with E-state index in [-0.39, 0.29) is 11.9 Å². The van der Waals surface area contributed by atoms with Crippen LogP contribution in [-0.2, 0) is 9.53 Å². The summed E-state index contributed by atoms with van der Waals surface area (Å²) in [7, 11) is 0. The number of unbranched alkanes of at least 4 members (excludes halogenated alkanes) is 4. The molecule has 0 aromatic carbocycles. The molecule has 16 heavy (non-hydrogen) atoms. The van der Waals surface area contributed by atoms with Gasteiger partial charge in [0.1, 0.15) is 6.04 Å². The third-order valence-corrected chi connectivity index (χ3v) is 3.02. The molecule has 0 saturated carbocycles. The first-order valence-electron chi connectivity index (χ1n) is 6.55. The van der Waals surface area contributed by atoms with Crippen molar-refractivity contribution in [3.05, 3.63) is 0 Å². The quantitative estimate of drug-likeness (QED) is 0.488. The molecule has 0 spiro atoms. The number of carbonyl (C=O) groups excluding carboxylic acids is 1. The van der Waals surface area contributed by atoms with E-state index in [0.717, 1.165) is 19.3 Å². The Morgan fingerprint density at radius 2 is 1.81 bits per heavy atom. The summed E-state index contributed by atoms with van der Waals surface area (Å²) in [5, 5.41) is 0. The van der Waals surface area contributed by atoms with Crippen molar-refractivity contribution >= 4 is 5.97 Å². The lowest BCUT2D eigenvalue weighted by molar-refractivity contribution is -0.146. The van der Waals surface area contributed by atoms with E-state index in [4.69, 9.17) is 10.5 Å². The van der Waals surface area contributed by atoms with Crippen molar-refractivity contribution in [3.8, 4) is 0 Å². The predicted octanol–water partition coefficient (Wildman–Crippen LogP) is 2.87. The molecule has 0 rings (SSSR count). The van der Waals surface area contributed by atoms with Gasteiger partial charge in [0.25, 0.3) is 0 Å². The van der Waals surface area contributed by atoms with Crippen LogP contribution in [0.15, 0.2) is 0 Å². The number of carbonyl (C=O) groups is 1. The molecule has 0 aromatic heterocycles. The second kappa shape index (κ2) is 9.64. The average Bonchev–Trinajstić information content (AvgIpc) is 2.31. The standard InChI is InChI=1S/C13H27NO2/c1-4-6-7-8-9-10-16-13(15)12(14)11(3)5-2/h11-12H,4-10,14H2,1-3H3. The molecule has 2 atom stereocenters. The number of ether oxygens (including phenoxy) is 1. The predicted molar refractivity (Wildman–Crippen MR) is 67.1 cm³/mol. The lowest BCUT2D eigenvalue weighted by atomic mass is 10.0. The number of hydrogen-bond acceptors (Lipinski definition) is 3. The Balaban J connectivity index is 3.50. The highest BCUT2D eigenvalue weighted by molar-refractivity contribution is 5.75. The van der Waals surface area contributed by atoms with Gasteiger partial charge in [-0.05, 0) is 12.3 Å². The number of nitrogens with two attached hydrogens (primary N) is 1. The third-order valence-electron chi connectivity index (χ3n) is 3.02. The van der Waals surface area contributed by atoms with Crippen LogP contribution in [0.3, 0.4) is 0 Å². The lowest BCUT2D eigenvalue weighted by Crippen LogP contribution is -2.38. The first-order valence-corrected chi connectivity index (χ1v) is 6.55. The zero-order valence-electron chi connectivity index (χ0n) is 11.0. The molecule has 96 valence electrons. The molecule has 0 amide bonds. The molecule has 3 nitrogen and oxygen atoms in total. The highest BCUT2D eigenvalue weighted by atomic mass is 16.5. The van der Waals surface area contributed by atoms with E-state index in [0.29, 0.717) is 6.61 Å². The summed E-state index contributed by atoms with van der Waals surface area (Å²) in [4.78, 5) is 11.5. The van der Waals surface area contributed by atoms with Crippen molar-refractivity contribution in [1.82, 2.24) is 0 Å². The Morgan fingerprint density at radius 1 is 1.19 bits per heavy atom. The van der Waals surface area contributed by atoms with Crippen LogP contribution < -0.4 is 5.73 Å². The Bertz CT molecular complexity index is 183. The number of esters is 1. The summed E-state index contributed by atoms with van der Waals surface area (Å²) in [5.41, 5.74) is 5.76. The van der Waals surface area contributed by atoms with Crippen LogP contribution in [0, 0.1) is 5.92 Å². The monoisotopic (exact) mass is 229 g/mol. The van der Waals surface area contributed by atoms with Crippen LogP contribution >= 0.6 is 0 Å². The smallest absolute Gasteiger partial charge is 0.323 e. The summed E-state index contributed by atoms with van der Waals surface area (Å²) in [6, 6.07) is -0.458. The molecule has 0 aromatic rings. The van der Waals surface area contributed by atoms with Gasteiger partial charge in [0, 0.05) is 0 Å². The fraction of sp³-hybridized carbons (Fsp3) is 0.923. The largest absolute Gasteiger partial charge is 0.465 e. The maximum atomic E-state index is 11.5. The maximum absolute atomic E-state index is 11.5. The van der Waals surface area contributed by atoms with Crippen molar-refractivity contribution in [2.45, 2.75) is 65.3 Å². The van der Waals surface area contributed by atoms with Gasteiger partial charge in [-0.15, -0.1) is 0 Å². The van der Waals surface area contributed by atoms with Gasteiger partial charge >= 0.3 is 5.97 Å². The van der Waals surface area contributed by atoms with E-state index in [1.54, 1.807) is 0 Å². The SMILES string of the molecule is CCCCCCCOC(=O)C(N)C(C)CC. The van der Waals surface area contributed by atoms with Crippen molar-refractivity contribution in [2.24, 2.45) is 11.7 Å². The van der Waals surface area contributed by atoms with E-state index in [1.165, 1.54) is 19.3 Å². The summed E-state index contributed by atoms with van der Waals surface area (Å²) in [6.45, 7) is 6.72. The zero-order valence-corrected chi connectivity index (χ0v) is 11.0. The minimum absolute atomic E-state index is 0.201. The second-order valence-electron chi connectivity index (χ2n) is 4.49. The van der Waals surface area contributed by atoms with E-state index in [2.05, 4.69) is 6.92 Å². The second-order valence-corrected chi connectivity index (χ2v) is 4.49. The molecule has 2 unspecified atom stereocenters. The van der Waals surface area contributed by atoms with Gasteiger partial charge in [0.2, 0.25) is 0 Å². The van der Waals surface area contributed by atoms with Gasteiger partial charge in [-0.1, -0.05) is 52.9 Å². The van der Waals surface area contributed by atoms with Crippen molar-refractivity contribution in [3.63, 3.8) is 0 Å². The summed E-state index contributed by atoms with van der Waals surface area (Å²) < 4.78 is 5.14. The molecule has 2 N–H and O–H groups in total. The van der Waals surface area contributed by atoms with E-state index >= 15 is 0 Å². The fourth-order valence-electron chi connectivity index (χ4n) is 1.46. The topological polar surface area (TPSA) is 52.3 Å². The van der Waals surface area contributed by atoms with Crippen molar-refractivity contribution in [1.29, 1.82) is 0 Å². The Hall–Kier alpha value is -0.570. The molecule has 0 radical (unpaired) electrons. The Labute approximate surface area is 99.7 Å². The van der Waals surface area contributed by atoms with Gasteiger partial charge in [-0.2, -0.15) is 0 Å². The normalized spacial score (nSPS) is 14.5. The highest BCUT2D eigenvalue weighted by Gasteiger charge is 2.20. The van der Waals surface area contributed by atoms with Crippen molar-refractivity contribution in [2.75, 3.05) is 6.61 Å². The Kier molecular flexibility index (Phi) is 9.30. The summed E-state index contributed by atoms with van der Waals surface area (Å²) in [6.07, 6.45) is 6.73. The molecule has 3 heteroatoms. The minimum atomic E-state index is -0.458. The van der Waals surface area contributed by atoms with Crippen molar-refractivity contribution < 1.29 is 9.53 Å². The summed E-state index contributed by atoms with van der Waals surface area (Å²) in [5.74, 6) is -0.0440. The number of hydrogen-bond donors (Lipinski definition) is 1. The van der Waals surface area contributed by atoms with Crippen LogP contribution in [0.2, 0.25) is 0 Å². The van der Waals surface area contributed by atoms with Crippen LogP contribution in [0.25, 0.3) is 0 Å². The molecular formula is C13H27NO2. The average molecular weight is 229 g/mol. The lowest BCUT2D eigenvalue weighted by Gasteiger charge is -2.16. The van der Waals surface area contributed by atoms with Gasteiger partial charge in [-0.25, -0.2) is 0 Å². The fourth-order valence-corrected chi connectivity index (χ4v) is 1.46. The van der Waals surface area contributed by atoms with E-state index in [9.17, 15) is 4.79 Å². The van der Waals surface area contributed by atoms with Crippen LogP contribution in [0.5, 0.6) is 0 Å². The molecule has 0 aliphatic rings. The molecular weight excluding hydrogens is 202 g/mol.